The van der Waals surface area contributed by atoms with Crippen LogP contribution in [-0.4, -0.2) is 16.3 Å². The Hall–Kier alpha value is -0.540. The van der Waals surface area contributed by atoms with Gasteiger partial charge in [-0.3, -0.25) is 4.68 Å². The standard InChI is InChI=1S/C11H20ClN3/c1-8-10(12)9(2)15(14-8)6-5-11(3,4)7-13/h5-7,13H2,1-4H3. The number of rotatable bonds is 4. The van der Waals surface area contributed by atoms with Crippen molar-refractivity contribution in [1.82, 2.24) is 9.78 Å². The third-order valence-corrected chi connectivity index (χ3v) is 3.39. The molecule has 0 atom stereocenters. The van der Waals surface area contributed by atoms with E-state index in [0.29, 0.717) is 6.54 Å². The average Bonchev–Trinajstić information content (AvgIpc) is 2.43. The molecule has 0 spiro atoms. The molecule has 0 saturated heterocycles. The molecule has 1 aromatic rings. The summed E-state index contributed by atoms with van der Waals surface area (Å²) in [5.41, 5.74) is 7.80. The van der Waals surface area contributed by atoms with Crippen molar-refractivity contribution in [1.29, 1.82) is 0 Å². The van der Waals surface area contributed by atoms with Gasteiger partial charge >= 0.3 is 0 Å². The zero-order chi connectivity index (χ0) is 11.6. The molecule has 0 fully saturated rings. The highest BCUT2D eigenvalue weighted by molar-refractivity contribution is 6.31. The first-order chi connectivity index (χ1) is 6.87. The Labute approximate surface area is 96.6 Å². The van der Waals surface area contributed by atoms with Gasteiger partial charge in [0.1, 0.15) is 0 Å². The predicted molar refractivity (Wildman–Crippen MR) is 64.2 cm³/mol. The highest BCUT2D eigenvalue weighted by Crippen LogP contribution is 2.23. The third kappa shape index (κ3) is 2.95. The van der Waals surface area contributed by atoms with Crippen molar-refractivity contribution in [3.63, 3.8) is 0 Å². The number of nitrogens with zero attached hydrogens (tertiary/aromatic N) is 2. The number of halogens is 1. The van der Waals surface area contributed by atoms with E-state index in [1.54, 1.807) is 0 Å². The van der Waals surface area contributed by atoms with Gasteiger partial charge in [-0.05, 0) is 32.2 Å². The summed E-state index contributed by atoms with van der Waals surface area (Å²) >= 11 is 6.07. The van der Waals surface area contributed by atoms with Crippen molar-refractivity contribution in [3.8, 4) is 0 Å². The van der Waals surface area contributed by atoms with Crippen LogP contribution in [0.25, 0.3) is 0 Å². The van der Waals surface area contributed by atoms with E-state index in [1.165, 1.54) is 0 Å². The number of hydrogen-bond acceptors (Lipinski definition) is 2. The lowest BCUT2D eigenvalue weighted by atomic mass is 9.90. The molecule has 1 aromatic heterocycles. The molecule has 1 rings (SSSR count). The molecule has 3 nitrogen and oxygen atoms in total. The van der Waals surface area contributed by atoms with E-state index in [-0.39, 0.29) is 5.41 Å². The first kappa shape index (κ1) is 12.5. The summed E-state index contributed by atoms with van der Waals surface area (Å²) in [6.07, 6.45) is 1.02. The lowest BCUT2D eigenvalue weighted by Gasteiger charge is -2.22. The van der Waals surface area contributed by atoms with Gasteiger partial charge in [-0.15, -0.1) is 0 Å². The largest absolute Gasteiger partial charge is 0.330 e. The zero-order valence-corrected chi connectivity index (χ0v) is 10.7. The Morgan fingerprint density at radius 3 is 2.40 bits per heavy atom. The average molecular weight is 230 g/mol. The minimum Gasteiger partial charge on any atom is -0.330 e. The van der Waals surface area contributed by atoms with E-state index >= 15 is 0 Å². The van der Waals surface area contributed by atoms with Crippen LogP contribution in [0.15, 0.2) is 0 Å². The van der Waals surface area contributed by atoms with E-state index in [2.05, 4.69) is 18.9 Å². The number of hydrogen-bond donors (Lipinski definition) is 1. The molecule has 2 N–H and O–H groups in total. The molecule has 0 aliphatic heterocycles. The molecule has 0 unspecified atom stereocenters. The predicted octanol–water partition coefficient (Wildman–Crippen LogP) is 2.53. The van der Waals surface area contributed by atoms with Crippen molar-refractivity contribution in [2.45, 2.75) is 40.7 Å². The minimum absolute atomic E-state index is 0.165. The maximum absolute atomic E-state index is 6.07. The van der Waals surface area contributed by atoms with Crippen molar-refractivity contribution in [2.75, 3.05) is 6.54 Å². The molecule has 15 heavy (non-hydrogen) atoms. The second kappa shape index (κ2) is 4.54. The molecule has 0 saturated carbocycles. The van der Waals surface area contributed by atoms with Gasteiger partial charge in [-0.2, -0.15) is 5.10 Å². The minimum atomic E-state index is 0.165. The zero-order valence-electron chi connectivity index (χ0n) is 9.97. The Balaban J connectivity index is 2.70. The molecular weight excluding hydrogens is 210 g/mol. The van der Waals surface area contributed by atoms with Gasteiger partial charge in [0.15, 0.2) is 0 Å². The summed E-state index contributed by atoms with van der Waals surface area (Å²) in [7, 11) is 0. The molecule has 86 valence electrons. The SMILES string of the molecule is Cc1nn(CCC(C)(C)CN)c(C)c1Cl. The second-order valence-electron chi connectivity index (χ2n) is 4.83. The summed E-state index contributed by atoms with van der Waals surface area (Å²) in [6, 6.07) is 0. The van der Waals surface area contributed by atoms with Gasteiger partial charge in [-0.1, -0.05) is 25.4 Å². The van der Waals surface area contributed by atoms with Crippen LogP contribution >= 0.6 is 11.6 Å². The van der Waals surface area contributed by atoms with Crippen LogP contribution in [0.4, 0.5) is 0 Å². The van der Waals surface area contributed by atoms with Crippen molar-refractivity contribution >= 4 is 11.6 Å². The van der Waals surface area contributed by atoms with Gasteiger partial charge in [0.25, 0.3) is 0 Å². The van der Waals surface area contributed by atoms with Crippen molar-refractivity contribution < 1.29 is 0 Å². The van der Waals surface area contributed by atoms with Crippen LogP contribution in [0.2, 0.25) is 5.02 Å². The summed E-state index contributed by atoms with van der Waals surface area (Å²) in [6.45, 7) is 9.84. The molecule has 0 aliphatic carbocycles. The normalized spacial score (nSPS) is 12.1. The van der Waals surface area contributed by atoms with Gasteiger partial charge in [0.05, 0.1) is 16.4 Å². The lowest BCUT2D eigenvalue weighted by molar-refractivity contribution is 0.315. The van der Waals surface area contributed by atoms with Gasteiger partial charge in [0.2, 0.25) is 0 Å². The van der Waals surface area contributed by atoms with Crippen LogP contribution in [0.1, 0.15) is 31.7 Å². The van der Waals surface area contributed by atoms with Crippen LogP contribution in [0.3, 0.4) is 0 Å². The maximum Gasteiger partial charge on any atom is 0.0844 e. The van der Waals surface area contributed by atoms with Crippen molar-refractivity contribution in [2.24, 2.45) is 11.1 Å². The Morgan fingerprint density at radius 2 is 2.00 bits per heavy atom. The molecule has 0 radical (unpaired) electrons. The fraction of sp³-hybridized carbons (Fsp3) is 0.727. The fourth-order valence-corrected chi connectivity index (χ4v) is 1.54. The van der Waals surface area contributed by atoms with E-state index in [9.17, 15) is 0 Å². The van der Waals surface area contributed by atoms with Crippen LogP contribution in [0, 0.1) is 19.3 Å². The summed E-state index contributed by atoms with van der Waals surface area (Å²) < 4.78 is 1.97. The van der Waals surface area contributed by atoms with Gasteiger partial charge < -0.3 is 5.73 Å². The number of nitrogens with two attached hydrogens (primary N) is 1. The van der Waals surface area contributed by atoms with Crippen LogP contribution in [0.5, 0.6) is 0 Å². The topological polar surface area (TPSA) is 43.8 Å². The third-order valence-electron chi connectivity index (χ3n) is 2.85. The number of aromatic nitrogens is 2. The fourth-order valence-electron chi connectivity index (χ4n) is 1.40. The monoisotopic (exact) mass is 229 g/mol. The summed E-state index contributed by atoms with van der Waals surface area (Å²) in [5, 5.41) is 5.17. The van der Waals surface area contributed by atoms with E-state index in [1.807, 2.05) is 18.5 Å². The molecule has 0 amide bonds. The lowest BCUT2D eigenvalue weighted by Crippen LogP contribution is -2.25. The quantitative estimate of drug-likeness (QED) is 0.863. The second-order valence-corrected chi connectivity index (χ2v) is 5.20. The first-order valence-corrected chi connectivity index (χ1v) is 5.65. The summed E-state index contributed by atoms with van der Waals surface area (Å²) in [5.74, 6) is 0. The molecular formula is C11H20ClN3. The Morgan fingerprint density at radius 1 is 1.40 bits per heavy atom. The highest BCUT2D eigenvalue weighted by Gasteiger charge is 2.17. The Bertz CT molecular complexity index is 342. The van der Waals surface area contributed by atoms with Crippen LogP contribution < -0.4 is 5.73 Å². The smallest absolute Gasteiger partial charge is 0.0844 e. The molecule has 4 heteroatoms. The molecule has 0 bridgehead atoms. The van der Waals surface area contributed by atoms with E-state index in [0.717, 1.165) is 29.4 Å². The van der Waals surface area contributed by atoms with Crippen molar-refractivity contribution in [3.05, 3.63) is 16.4 Å². The molecule has 0 aromatic carbocycles. The summed E-state index contributed by atoms with van der Waals surface area (Å²) in [4.78, 5) is 0. The van der Waals surface area contributed by atoms with E-state index < -0.39 is 0 Å². The highest BCUT2D eigenvalue weighted by atomic mass is 35.5. The maximum atomic E-state index is 6.07. The Kier molecular flexibility index (Phi) is 3.79. The first-order valence-electron chi connectivity index (χ1n) is 5.27. The van der Waals surface area contributed by atoms with E-state index in [4.69, 9.17) is 17.3 Å². The van der Waals surface area contributed by atoms with Gasteiger partial charge in [-0.25, -0.2) is 0 Å². The van der Waals surface area contributed by atoms with Crippen LogP contribution in [-0.2, 0) is 6.54 Å². The van der Waals surface area contributed by atoms with Gasteiger partial charge in [0, 0.05) is 6.54 Å². The molecule has 0 aliphatic rings. The number of aryl methyl sites for hydroxylation is 2. The molecule has 1 heterocycles.